The number of benzene rings is 2. The average Bonchev–Trinajstić information content (AvgIpc) is 2.48. The number of hydrogen-bond acceptors (Lipinski definition) is 3. The molecule has 2 aromatic rings. The van der Waals surface area contributed by atoms with Crippen LogP contribution in [0.15, 0.2) is 59.5 Å². The Morgan fingerprint density at radius 3 is 2.27 bits per heavy atom. The molecule has 2 atom stereocenters. The lowest BCUT2D eigenvalue weighted by molar-refractivity contribution is -0.490. The van der Waals surface area contributed by atoms with Crippen molar-refractivity contribution in [2.45, 2.75) is 24.3 Å². The molecule has 0 aliphatic heterocycles. The number of nitrogens with one attached hydrogen (secondary N) is 1. The van der Waals surface area contributed by atoms with Gasteiger partial charge in [0.2, 0.25) is 6.54 Å². The Kier molecular flexibility index (Phi) is 5.05. The van der Waals surface area contributed by atoms with Crippen LogP contribution < -0.4 is 4.72 Å². The molecule has 0 bridgehead atoms. The van der Waals surface area contributed by atoms with Gasteiger partial charge in [-0.3, -0.25) is 10.1 Å². The predicted octanol–water partition coefficient (Wildman–Crippen LogP) is 2.80. The molecule has 0 saturated heterocycles. The van der Waals surface area contributed by atoms with Gasteiger partial charge in [0, 0.05) is 4.92 Å². The summed E-state index contributed by atoms with van der Waals surface area (Å²) < 4.78 is 15.4. The van der Waals surface area contributed by atoms with Crippen molar-refractivity contribution >= 4 is 11.0 Å². The largest absolute Gasteiger partial charge is 0.264 e. The molecular formula is C16H18N2O3S. The summed E-state index contributed by atoms with van der Waals surface area (Å²) in [6, 6.07) is 16.3. The van der Waals surface area contributed by atoms with E-state index in [2.05, 4.69) is 4.72 Å². The molecule has 116 valence electrons. The van der Waals surface area contributed by atoms with E-state index in [-0.39, 0.29) is 6.54 Å². The van der Waals surface area contributed by atoms with Gasteiger partial charge in [0.15, 0.2) is 0 Å². The molecule has 0 aliphatic rings. The Balaban J connectivity index is 2.29. The van der Waals surface area contributed by atoms with Gasteiger partial charge in [-0.2, -0.15) is 0 Å². The van der Waals surface area contributed by atoms with Crippen LogP contribution in [0.25, 0.3) is 0 Å². The standard InChI is InChI=1S/C16H18N2O3S/c1-13-8-10-15(11-9-13)22(21)17-16(2,12-18(19)20)14-6-4-3-5-7-14/h3-11,17H,12H2,1-2H3/t16-,22-/m0/s1. The third kappa shape index (κ3) is 3.99. The van der Waals surface area contributed by atoms with Crippen LogP contribution in [0.4, 0.5) is 0 Å². The first-order chi connectivity index (χ1) is 10.4. The normalized spacial score (nSPS) is 15.0. The third-order valence-electron chi connectivity index (χ3n) is 3.41. The summed E-state index contributed by atoms with van der Waals surface area (Å²) in [5.74, 6) is 0. The highest BCUT2D eigenvalue weighted by Crippen LogP contribution is 2.23. The average molecular weight is 318 g/mol. The second-order valence-electron chi connectivity index (χ2n) is 5.37. The van der Waals surface area contributed by atoms with Crippen molar-refractivity contribution in [1.29, 1.82) is 0 Å². The van der Waals surface area contributed by atoms with Crippen LogP contribution in [0.3, 0.4) is 0 Å². The van der Waals surface area contributed by atoms with Crippen molar-refractivity contribution in [2.75, 3.05) is 6.54 Å². The van der Waals surface area contributed by atoms with Crippen molar-refractivity contribution in [3.63, 3.8) is 0 Å². The van der Waals surface area contributed by atoms with E-state index >= 15 is 0 Å². The molecule has 0 unspecified atom stereocenters. The minimum absolute atomic E-state index is 0.353. The zero-order chi connectivity index (χ0) is 16.2. The molecule has 22 heavy (non-hydrogen) atoms. The SMILES string of the molecule is Cc1ccc([S@](=O)N[C@@](C)(C[N+](=O)[O-])c2ccccc2)cc1. The van der Waals surface area contributed by atoms with Gasteiger partial charge < -0.3 is 0 Å². The Labute approximate surface area is 132 Å². The number of rotatable bonds is 6. The fourth-order valence-corrected chi connectivity index (χ4v) is 3.26. The van der Waals surface area contributed by atoms with Crippen molar-refractivity contribution in [2.24, 2.45) is 0 Å². The van der Waals surface area contributed by atoms with E-state index < -0.39 is 21.4 Å². The number of nitro groups is 1. The lowest BCUT2D eigenvalue weighted by atomic mass is 9.93. The van der Waals surface area contributed by atoms with Crippen molar-refractivity contribution in [3.05, 3.63) is 75.8 Å². The van der Waals surface area contributed by atoms with Crippen molar-refractivity contribution in [3.8, 4) is 0 Å². The molecule has 0 heterocycles. The maximum absolute atomic E-state index is 12.5. The van der Waals surface area contributed by atoms with Crippen LogP contribution >= 0.6 is 0 Å². The topological polar surface area (TPSA) is 72.2 Å². The highest BCUT2D eigenvalue weighted by Gasteiger charge is 2.34. The summed E-state index contributed by atoms with van der Waals surface area (Å²) in [6.07, 6.45) is 0. The summed E-state index contributed by atoms with van der Waals surface area (Å²) in [4.78, 5) is 11.2. The maximum Gasteiger partial charge on any atom is 0.226 e. The quantitative estimate of drug-likeness (QED) is 0.657. The summed E-state index contributed by atoms with van der Waals surface area (Å²) in [5, 5.41) is 11.0. The van der Waals surface area contributed by atoms with E-state index in [0.29, 0.717) is 4.90 Å². The number of hydrogen-bond donors (Lipinski definition) is 1. The van der Waals surface area contributed by atoms with Gasteiger partial charge in [0.25, 0.3) is 0 Å². The lowest BCUT2D eigenvalue weighted by Gasteiger charge is -2.26. The second-order valence-corrected chi connectivity index (χ2v) is 6.59. The van der Waals surface area contributed by atoms with E-state index in [1.807, 2.05) is 37.3 Å². The fraction of sp³-hybridized carbons (Fsp3) is 0.250. The van der Waals surface area contributed by atoms with Crippen LogP contribution in [-0.4, -0.2) is 15.7 Å². The van der Waals surface area contributed by atoms with Crippen LogP contribution in [0.5, 0.6) is 0 Å². The van der Waals surface area contributed by atoms with Gasteiger partial charge in [0.1, 0.15) is 16.5 Å². The minimum atomic E-state index is -1.53. The van der Waals surface area contributed by atoms with Gasteiger partial charge in [-0.1, -0.05) is 48.0 Å². The van der Waals surface area contributed by atoms with Crippen LogP contribution in [0.1, 0.15) is 18.1 Å². The van der Waals surface area contributed by atoms with Gasteiger partial charge in [-0.25, -0.2) is 8.93 Å². The van der Waals surface area contributed by atoms with Crippen molar-refractivity contribution < 1.29 is 9.13 Å². The molecule has 1 N–H and O–H groups in total. The van der Waals surface area contributed by atoms with Crippen LogP contribution in [0, 0.1) is 17.0 Å². The zero-order valence-corrected chi connectivity index (χ0v) is 13.3. The number of nitrogens with zero attached hydrogens (tertiary/aromatic N) is 1. The molecule has 0 spiro atoms. The van der Waals surface area contributed by atoms with E-state index in [0.717, 1.165) is 11.1 Å². The van der Waals surface area contributed by atoms with E-state index in [9.17, 15) is 14.3 Å². The Bertz CT molecular complexity index is 674. The van der Waals surface area contributed by atoms with E-state index in [4.69, 9.17) is 0 Å². The molecule has 2 aromatic carbocycles. The van der Waals surface area contributed by atoms with Crippen LogP contribution in [-0.2, 0) is 16.5 Å². The summed E-state index contributed by atoms with van der Waals surface area (Å²) >= 11 is 0. The second kappa shape index (κ2) is 6.81. The highest BCUT2D eigenvalue weighted by atomic mass is 32.2. The Hall–Kier alpha value is -2.05. The molecule has 0 fully saturated rings. The molecule has 0 saturated carbocycles. The maximum atomic E-state index is 12.5. The first-order valence-electron chi connectivity index (χ1n) is 6.84. The predicted molar refractivity (Wildman–Crippen MR) is 86.4 cm³/mol. The molecule has 0 aliphatic carbocycles. The minimum Gasteiger partial charge on any atom is -0.264 e. The van der Waals surface area contributed by atoms with Gasteiger partial charge in [0.05, 0.1) is 4.90 Å². The molecule has 6 heteroatoms. The fourth-order valence-electron chi connectivity index (χ4n) is 2.17. The number of aryl methyl sites for hydroxylation is 1. The lowest BCUT2D eigenvalue weighted by Crippen LogP contribution is -2.46. The van der Waals surface area contributed by atoms with Crippen molar-refractivity contribution in [1.82, 2.24) is 4.72 Å². The monoisotopic (exact) mass is 318 g/mol. The van der Waals surface area contributed by atoms with E-state index in [1.54, 1.807) is 31.2 Å². The van der Waals surface area contributed by atoms with E-state index in [1.165, 1.54) is 0 Å². The molecule has 0 radical (unpaired) electrons. The molecule has 2 rings (SSSR count). The first-order valence-corrected chi connectivity index (χ1v) is 7.99. The zero-order valence-electron chi connectivity index (χ0n) is 12.5. The highest BCUT2D eigenvalue weighted by molar-refractivity contribution is 7.83. The molecule has 0 aromatic heterocycles. The summed E-state index contributed by atoms with van der Waals surface area (Å²) in [5.41, 5.74) is 0.782. The summed E-state index contributed by atoms with van der Waals surface area (Å²) in [7, 11) is -1.53. The van der Waals surface area contributed by atoms with Gasteiger partial charge in [-0.05, 0) is 31.5 Å². The third-order valence-corrected chi connectivity index (χ3v) is 4.75. The summed E-state index contributed by atoms with van der Waals surface area (Å²) in [6.45, 7) is 3.28. The Morgan fingerprint density at radius 1 is 1.14 bits per heavy atom. The Morgan fingerprint density at radius 2 is 1.73 bits per heavy atom. The first kappa shape index (κ1) is 16.3. The van der Waals surface area contributed by atoms with Gasteiger partial charge in [-0.15, -0.1) is 0 Å². The molecule has 0 amide bonds. The smallest absolute Gasteiger partial charge is 0.226 e. The molecular weight excluding hydrogens is 300 g/mol. The molecule has 5 nitrogen and oxygen atoms in total. The van der Waals surface area contributed by atoms with Crippen LogP contribution in [0.2, 0.25) is 0 Å². The van der Waals surface area contributed by atoms with Gasteiger partial charge >= 0.3 is 0 Å².